The van der Waals surface area contributed by atoms with Gasteiger partial charge < -0.3 is 9.84 Å². The first-order chi connectivity index (χ1) is 18.3. The molecular weight excluding hydrogens is 512 g/mol. The van der Waals surface area contributed by atoms with Gasteiger partial charge in [0.15, 0.2) is 5.13 Å². The lowest BCUT2D eigenvalue weighted by atomic mass is 9.90. The lowest BCUT2D eigenvalue weighted by molar-refractivity contribution is -0.141. The number of anilines is 1. The Labute approximate surface area is 223 Å². The highest BCUT2D eigenvalue weighted by Gasteiger charge is 2.40. The fourth-order valence-electron chi connectivity index (χ4n) is 5.28. The van der Waals surface area contributed by atoms with Gasteiger partial charge >= 0.3 is 5.97 Å². The summed E-state index contributed by atoms with van der Waals surface area (Å²) >= 11 is 0.731. The number of carbonyl (C=O) groups is 2. The van der Waals surface area contributed by atoms with Gasteiger partial charge in [-0.2, -0.15) is 4.39 Å². The first-order valence-electron chi connectivity index (χ1n) is 12.9. The van der Waals surface area contributed by atoms with Crippen LogP contribution in [0.3, 0.4) is 0 Å². The smallest absolute Gasteiger partial charge is 0.304 e. The maximum absolute atomic E-state index is 15.5. The fourth-order valence-corrected chi connectivity index (χ4v) is 6.16. The molecule has 2 aromatic heterocycles. The summed E-state index contributed by atoms with van der Waals surface area (Å²) in [4.78, 5) is 35.6. The van der Waals surface area contributed by atoms with Crippen molar-refractivity contribution < 1.29 is 28.2 Å². The van der Waals surface area contributed by atoms with Crippen LogP contribution >= 0.6 is 11.3 Å². The molecule has 0 spiro atoms. The van der Waals surface area contributed by atoms with Crippen molar-refractivity contribution in [1.82, 2.24) is 9.97 Å². The van der Waals surface area contributed by atoms with E-state index in [1.165, 1.54) is 24.1 Å². The van der Waals surface area contributed by atoms with E-state index in [2.05, 4.69) is 9.97 Å². The molecule has 0 unspecified atom stereocenters. The van der Waals surface area contributed by atoms with Crippen LogP contribution in [0.15, 0.2) is 36.5 Å². The van der Waals surface area contributed by atoms with Crippen LogP contribution in [0.2, 0.25) is 0 Å². The van der Waals surface area contributed by atoms with Crippen LogP contribution in [0, 0.1) is 22.8 Å². The van der Waals surface area contributed by atoms with E-state index in [0.717, 1.165) is 49.9 Å². The van der Waals surface area contributed by atoms with Gasteiger partial charge in [0.2, 0.25) is 16.9 Å². The number of carboxylic acids is 1. The molecule has 0 radical (unpaired) electrons. The van der Waals surface area contributed by atoms with Gasteiger partial charge in [-0.1, -0.05) is 43.1 Å². The highest BCUT2D eigenvalue weighted by atomic mass is 32.1. The second-order valence-electron chi connectivity index (χ2n) is 10.0. The summed E-state index contributed by atoms with van der Waals surface area (Å²) < 4.78 is 34.9. The van der Waals surface area contributed by atoms with Crippen LogP contribution in [0.5, 0.6) is 5.88 Å². The predicted octanol–water partition coefficient (Wildman–Crippen LogP) is 6.33. The Morgan fingerprint density at radius 2 is 1.89 bits per heavy atom. The van der Waals surface area contributed by atoms with Gasteiger partial charge in [0.05, 0.1) is 13.5 Å². The van der Waals surface area contributed by atoms with Gasteiger partial charge in [-0.05, 0) is 48.9 Å². The van der Waals surface area contributed by atoms with Crippen LogP contribution < -0.4 is 9.64 Å². The zero-order valence-electron chi connectivity index (χ0n) is 21.0. The van der Waals surface area contributed by atoms with E-state index in [1.54, 1.807) is 24.4 Å². The third kappa shape index (κ3) is 5.70. The number of ether oxygens (including phenoxy) is 1. The predicted molar refractivity (Wildman–Crippen MR) is 140 cm³/mol. The number of rotatable bonds is 10. The molecule has 1 amide bonds. The molecule has 0 aliphatic heterocycles. The van der Waals surface area contributed by atoms with Gasteiger partial charge in [0.1, 0.15) is 11.5 Å². The van der Waals surface area contributed by atoms with Crippen molar-refractivity contribution in [2.24, 2.45) is 11.8 Å². The summed E-state index contributed by atoms with van der Waals surface area (Å²) in [5.74, 6) is -1.86. The number of hydrogen-bond donors (Lipinski definition) is 1. The third-order valence-corrected chi connectivity index (χ3v) is 8.13. The minimum absolute atomic E-state index is 0.0562. The summed E-state index contributed by atoms with van der Waals surface area (Å²) in [7, 11) is 1.50. The van der Waals surface area contributed by atoms with Crippen LogP contribution in [0.25, 0.3) is 22.4 Å². The SMILES string of the molecule is COc1ccc(-c2ccc(F)cc2-c2nc(N(C(=O)[C@@H](CC(=O)O)CC3CCCC3)C3CC3)sc2F)cn1. The Morgan fingerprint density at radius 1 is 1.13 bits per heavy atom. The summed E-state index contributed by atoms with van der Waals surface area (Å²) in [5, 5.41) is 9.05. The standard InChI is InChI=1S/C28H29F2N3O4S/c1-37-23-11-6-17(15-31-23)21-10-7-19(29)14-22(21)25-26(30)38-28(32-25)33(20-8-9-20)27(36)18(13-24(34)35)12-16-4-2-3-5-16/h6-7,10-11,14-16,18,20H,2-5,8-9,12-13H2,1H3,(H,34,35)/t18-/m1/s1. The molecule has 7 nitrogen and oxygen atoms in total. The van der Waals surface area contributed by atoms with Crippen molar-refractivity contribution in [3.63, 3.8) is 0 Å². The van der Waals surface area contributed by atoms with Gasteiger partial charge in [0, 0.05) is 35.3 Å². The number of methoxy groups -OCH3 is 1. The molecule has 1 N–H and O–H groups in total. The lowest BCUT2D eigenvalue weighted by Gasteiger charge is -2.26. The molecule has 5 rings (SSSR count). The molecule has 1 atom stereocenters. The van der Waals surface area contributed by atoms with E-state index >= 15 is 4.39 Å². The summed E-state index contributed by atoms with van der Waals surface area (Å²) in [6, 6.07) is 7.31. The van der Waals surface area contributed by atoms with E-state index in [0.29, 0.717) is 29.3 Å². The second kappa shape index (κ2) is 11.1. The second-order valence-corrected chi connectivity index (χ2v) is 10.9. The zero-order chi connectivity index (χ0) is 26.8. The van der Waals surface area contributed by atoms with Crippen molar-refractivity contribution in [3.05, 3.63) is 47.5 Å². The minimum atomic E-state index is -1.03. The van der Waals surface area contributed by atoms with Crippen LogP contribution in [0.4, 0.5) is 13.9 Å². The van der Waals surface area contributed by atoms with E-state index in [-0.39, 0.29) is 34.8 Å². The van der Waals surface area contributed by atoms with E-state index in [4.69, 9.17) is 4.74 Å². The number of halogens is 2. The van der Waals surface area contributed by atoms with E-state index < -0.39 is 22.8 Å². The summed E-state index contributed by atoms with van der Waals surface area (Å²) in [6.07, 6.45) is 7.45. The van der Waals surface area contributed by atoms with Gasteiger partial charge in [-0.25, -0.2) is 14.4 Å². The Balaban J connectivity index is 1.49. The van der Waals surface area contributed by atoms with Crippen molar-refractivity contribution in [2.45, 2.75) is 57.4 Å². The van der Waals surface area contributed by atoms with Gasteiger partial charge in [-0.3, -0.25) is 14.5 Å². The molecule has 0 saturated heterocycles. The van der Waals surface area contributed by atoms with Crippen molar-refractivity contribution in [1.29, 1.82) is 0 Å². The Kier molecular flexibility index (Phi) is 7.69. The van der Waals surface area contributed by atoms with Gasteiger partial charge in [-0.15, -0.1) is 0 Å². The molecule has 200 valence electrons. The van der Waals surface area contributed by atoms with Crippen LogP contribution in [-0.4, -0.2) is 40.1 Å². The zero-order valence-corrected chi connectivity index (χ0v) is 21.8. The number of amides is 1. The molecule has 2 aliphatic rings. The maximum Gasteiger partial charge on any atom is 0.304 e. The lowest BCUT2D eigenvalue weighted by Crippen LogP contribution is -2.39. The molecule has 2 aliphatic carbocycles. The molecule has 38 heavy (non-hydrogen) atoms. The van der Waals surface area contributed by atoms with Crippen molar-refractivity contribution in [2.75, 3.05) is 12.0 Å². The maximum atomic E-state index is 15.5. The molecular formula is C28H29F2N3O4S. The molecule has 2 heterocycles. The van der Waals surface area contributed by atoms with Crippen molar-refractivity contribution >= 4 is 28.3 Å². The van der Waals surface area contributed by atoms with Crippen LogP contribution in [0.1, 0.15) is 51.4 Å². The highest BCUT2D eigenvalue weighted by molar-refractivity contribution is 7.14. The average molecular weight is 542 g/mol. The third-order valence-electron chi connectivity index (χ3n) is 7.29. The highest BCUT2D eigenvalue weighted by Crippen LogP contribution is 2.42. The number of carboxylic acid groups (broad SMARTS) is 1. The summed E-state index contributed by atoms with van der Waals surface area (Å²) in [6.45, 7) is 0. The number of thiazole rings is 1. The monoisotopic (exact) mass is 541 g/mol. The minimum Gasteiger partial charge on any atom is -0.481 e. The summed E-state index contributed by atoms with van der Waals surface area (Å²) in [5.41, 5.74) is 1.35. The first-order valence-corrected chi connectivity index (χ1v) is 13.7. The van der Waals surface area contributed by atoms with Crippen molar-refractivity contribution in [3.8, 4) is 28.3 Å². The van der Waals surface area contributed by atoms with E-state index in [9.17, 15) is 19.1 Å². The molecule has 3 aromatic rings. The number of aliphatic carboxylic acids is 1. The average Bonchev–Trinajstić information content (AvgIpc) is 3.45. The number of pyridine rings is 1. The number of aromatic nitrogens is 2. The number of hydrogen-bond acceptors (Lipinski definition) is 6. The first kappa shape index (κ1) is 26.2. The van der Waals surface area contributed by atoms with E-state index in [1.807, 2.05) is 0 Å². The Hall–Kier alpha value is -3.40. The fraction of sp³-hybridized carbons (Fsp3) is 0.429. The number of nitrogens with zero attached hydrogens (tertiary/aromatic N) is 3. The quantitative estimate of drug-likeness (QED) is 0.323. The molecule has 2 fully saturated rings. The van der Waals surface area contributed by atoms with Crippen LogP contribution in [-0.2, 0) is 9.59 Å². The molecule has 10 heteroatoms. The number of carbonyl (C=O) groups excluding carboxylic acids is 1. The normalized spacial score (nSPS) is 16.4. The largest absolute Gasteiger partial charge is 0.481 e. The topological polar surface area (TPSA) is 92.6 Å². The molecule has 1 aromatic carbocycles. The van der Waals surface area contributed by atoms with Gasteiger partial charge in [0.25, 0.3) is 0 Å². The Morgan fingerprint density at radius 3 is 2.53 bits per heavy atom. The Bertz CT molecular complexity index is 1320. The molecule has 2 saturated carbocycles. The molecule has 0 bridgehead atoms. The number of benzene rings is 1.